The lowest BCUT2D eigenvalue weighted by Gasteiger charge is -2.23. The number of aliphatic hydroxyl groups is 3. The van der Waals surface area contributed by atoms with Crippen LogP contribution in [-0.2, 0) is 9.53 Å². The Morgan fingerprint density at radius 1 is 1.40 bits per heavy atom. The van der Waals surface area contributed by atoms with Gasteiger partial charge in [0.1, 0.15) is 6.61 Å². The molecule has 0 rings (SSSR count). The molecule has 3 N–H and O–H groups in total. The zero-order valence-corrected chi connectivity index (χ0v) is 9.27. The Bertz CT molecular complexity index is 186. The molecule has 0 aliphatic carbocycles. The molecule has 0 aliphatic heterocycles. The van der Waals surface area contributed by atoms with Gasteiger partial charge in [-0.15, -0.1) is 0 Å². The van der Waals surface area contributed by atoms with Crippen molar-refractivity contribution in [3.63, 3.8) is 0 Å². The van der Waals surface area contributed by atoms with Gasteiger partial charge < -0.3 is 20.1 Å². The lowest BCUT2D eigenvalue weighted by atomic mass is 9.94. The molecule has 0 spiro atoms. The van der Waals surface area contributed by atoms with E-state index < -0.39 is 17.5 Å². The third-order valence-corrected chi connectivity index (χ3v) is 2.11. The predicted molar refractivity (Wildman–Crippen MR) is 54.2 cm³/mol. The highest BCUT2D eigenvalue weighted by molar-refractivity contribution is 5.69. The molecule has 0 saturated carbocycles. The summed E-state index contributed by atoms with van der Waals surface area (Å²) in [5.74, 6) is -0.427. The Hall–Kier alpha value is -0.650. The molecule has 0 fully saturated rings. The number of carbonyl (C=O) groups excluding carboxylic acids is 1. The monoisotopic (exact) mass is 220 g/mol. The van der Waals surface area contributed by atoms with Crippen molar-refractivity contribution in [3.05, 3.63) is 0 Å². The summed E-state index contributed by atoms with van der Waals surface area (Å²) in [7, 11) is 0. The van der Waals surface area contributed by atoms with Gasteiger partial charge in [0.05, 0.1) is 19.3 Å². The second-order valence-corrected chi connectivity index (χ2v) is 4.18. The van der Waals surface area contributed by atoms with Crippen molar-refractivity contribution in [1.29, 1.82) is 0 Å². The van der Waals surface area contributed by atoms with Crippen molar-refractivity contribution >= 4 is 5.97 Å². The SMILES string of the molecule is CC(O)CCC(=O)OCC(C)(CO)CO. The van der Waals surface area contributed by atoms with Crippen LogP contribution in [0.15, 0.2) is 0 Å². The van der Waals surface area contributed by atoms with Gasteiger partial charge in [-0.1, -0.05) is 6.92 Å². The predicted octanol–water partition coefficient (Wildman–Crippen LogP) is -0.318. The van der Waals surface area contributed by atoms with E-state index in [-0.39, 0.29) is 26.2 Å². The number of esters is 1. The molecule has 0 bridgehead atoms. The zero-order valence-electron chi connectivity index (χ0n) is 9.27. The molecule has 1 atom stereocenters. The smallest absolute Gasteiger partial charge is 0.305 e. The standard InChI is InChI=1S/C10H20O5/c1-8(13)3-4-9(14)15-7-10(2,5-11)6-12/h8,11-13H,3-7H2,1-2H3. The van der Waals surface area contributed by atoms with Crippen molar-refractivity contribution in [2.75, 3.05) is 19.8 Å². The van der Waals surface area contributed by atoms with Crippen LogP contribution in [0.3, 0.4) is 0 Å². The molecule has 0 aromatic heterocycles. The summed E-state index contributed by atoms with van der Waals surface area (Å²) in [6.07, 6.45) is -0.0297. The number of hydrogen-bond acceptors (Lipinski definition) is 5. The maximum absolute atomic E-state index is 11.1. The van der Waals surface area contributed by atoms with E-state index in [0.717, 1.165) is 0 Å². The first-order valence-corrected chi connectivity index (χ1v) is 4.99. The van der Waals surface area contributed by atoms with Crippen molar-refractivity contribution < 1.29 is 24.9 Å². The van der Waals surface area contributed by atoms with Gasteiger partial charge >= 0.3 is 5.97 Å². The van der Waals surface area contributed by atoms with E-state index in [9.17, 15) is 4.79 Å². The minimum absolute atomic E-state index is 0.0152. The molecule has 5 heteroatoms. The number of carbonyl (C=O) groups is 1. The summed E-state index contributed by atoms with van der Waals surface area (Å²) in [4.78, 5) is 11.1. The highest BCUT2D eigenvalue weighted by Crippen LogP contribution is 2.14. The van der Waals surface area contributed by atoms with Gasteiger partial charge in [-0.05, 0) is 13.3 Å². The highest BCUT2D eigenvalue weighted by Gasteiger charge is 2.24. The molecule has 0 amide bonds. The van der Waals surface area contributed by atoms with Gasteiger partial charge in [-0.2, -0.15) is 0 Å². The summed E-state index contributed by atoms with van der Waals surface area (Å²) < 4.78 is 4.87. The van der Waals surface area contributed by atoms with E-state index in [2.05, 4.69) is 0 Å². The summed E-state index contributed by atoms with van der Waals surface area (Å²) in [6.45, 7) is 2.72. The molecule has 0 aromatic carbocycles. The number of aliphatic hydroxyl groups excluding tert-OH is 3. The normalized spacial score (nSPS) is 13.7. The maximum atomic E-state index is 11.1. The van der Waals surface area contributed by atoms with Gasteiger partial charge in [-0.3, -0.25) is 4.79 Å². The Balaban J connectivity index is 3.79. The van der Waals surface area contributed by atoms with Crippen LogP contribution in [0.25, 0.3) is 0 Å². The fourth-order valence-corrected chi connectivity index (χ4v) is 0.795. The van der Waals surface area contributed by atoms with Crippen LogP contribution in [0.5, 0.6) is 0 Å². The zero-order chi connectivity index (χ0) is 11.9. The van der Waals surface area contributed by atoms with Gasteiger partial charge in [0.2, 0.25) is 0 Å². The first kappa shape index (κ1) is 14.3. The molecule has 0 saturated heterocycles. The molecule has 0 aliphatic rings. The maximum Gasteiger partial charge on any atom is 0.305 e. The Morgan fingerprint density at radius 2 is 1.93 bits per heavy atom. The summed E-state index contributed by atoms with van der Waals surface area (Å²) in [6, 6.07) is 0. The Kier molecular flexibility index (Phi) is 6.47. The molecule has 0 heterocycles. The van der Waals surface area contributed by atoms with Crippen molar-refractivity contribution in [1.82, 2.24) is 0 Å². The summed E-state index contributed by atoms with van der Waals surface area (Å²) in [5, 5.41) is 26.8. The first-order chi connectivity index (χ1) is 6.93. The number of hydrogen-bond donors (Lipinski definition) is 3. The van der Waals surface area contributed by atoms with E-state index in [4.69, 9.17) is 20.1 Å². The molecule has 90 valence electrons. The average molecular weight is 220 g/mol. The quantitative estimate of drug-likeness (QED) is 0.512. The van der Waals surface area contributed by atoms with Gasteiger partial charge in [0.15, 0.2) is 0 Å². The van der Waals surface area contributed by atoms with Crippen LogP contribution >= 0.6 is 0 Å². The molecular formula is C10H20O5. The number of rotatable bonds is 7. The van der Waals surface area contributed by atoms with Crippen LogP contribution in [0, 0.1) is 5.41 Å². The fourth-order valence-electron chi connectivity index (χ4n) is 0.795. The van der Waals surface area contributed by atoms with Crippen molar-refractivity contribution in [2.45, 2.75) is 32.8 Å². The molecule has 1 unspecified atom stereocenters. The van der Waals surface area contributed by atoms with E-state index in [0.29, 0.717) is 6.42 Å². The van der Waals surface area contributed by atoms with Crippen LogP contribution in [-0.4, -0.2) is 47.2 Å². The number of ether oxygens (including phenoxy) is 1. The fraction of sp³-hybridized carbons (Fsp3) is 0.900. The van der Waals surface area contributed by atoms with Crippen LogP contribution < -0.4 is 0 Å². The van der Waals surface area contributed by atoms with Crippen LogP contribution in [0.4, 0.5) is 0 Å². The Labute approximate surface area is 89.7 Å². The third-order valence-electron chi connectivity index (χ3n) is 2.11. The van der Waals surface area contributed by atoms with Crippen molar-refractivity contribution in [3.8, 4) is 0 Å². The van der Waals surface area contributed by atoms with E-state index in [1.165, 1.54) is 0 Å². The van der Waals surface area contributed by atoms with E-state index in [1.807, 2.05) is 0 Å². The van der Waals surface area contributed by atoms with Gasteiger partial charge in [0, 0.05) is 11.8 Å². The molecule has 0 aromatic rings. The van der Waals surface area contributed by atoms with E-state index in [1.54, 1.807) is 13.8 Å². The molecule has 5 nitrogen and oxygen atoms in total. The minimum atomic E-state index is -0.791. The summed E-state index contributed by atoms with van der Waals surface area (Å²) in [5.41, 5.74) is -0.791. The lowest BCUT2D eigenvalue weighted by Crippen LogP contribution is -2.32. The topological polar surface area (TPSA) is 87.0 Å². The minimum Gasteiger partial charge on any atom is -0.465 e. The highest BCUT2D eigenvalue weighted by atomic mass is 16.5. The third kappa shape index (κ3) is 6.43. The average Bonchev–Trinajstić information content (AvgIpc) is 2.23. The van der Waals surface area contributed by atoms with Crippen LogP contribution in [0.1, 0.15) is 26.7 Å². The lowest BCUT2D eigenvalue weighted by molar-refractivity contribution is -0.149. The Morgan fingerprint density at radius 3 is 2.33 bits per heavy atom. The van der Waals surface area contributed by atoms with Gasteiger partial charge in [-0.25, -0.2) is 0 Å². The molecule has 0 radical (unpaired) electrons. The molecule has 15 heavy (non-hydrogen) atoms. The van der Waals surface area contributed by atoms with E-state index >= 15 is 0 Å². The van der Waals surface area contributed by atoms with Gasteiger partial charge in [0.25, 0.3) is 0 Å². The summed E-state index contributed by atoms with van der Waals surface area (Å²) >= 11 is 0. The second-order valence-electron chi connectivity index (χ2n) is 4.18. The van der Waals surface area contributed by atoms with Crippen molar-refractivity contribution in [2.24, 2.45) is 5.41 Å². The van der Waals surface area contributed by atoms with Crippen LogP contribution in [0.2, 0.25) is 0 Å². The largest absolute Gasteiger partial charge is 0.465 e. The molecular weight excluding hydrogens is 200 g/mol. The second kappa shape index (κ2) is 6.76. The first-order valence-electron chi connectivity index (χ1n) is 4.99.